The Balaban J connectivity index is 1.77. The lowest BCUT2D eigenvalue weighted by Crippen LogP contribution is -2.42. The molecule has 1 aliphatic carbocycles. The van der Waals surface area contributed by atoms with Crippen molar-refractivity contribution in [3.63, 3.8) is 0 Å². The fraction of sp³-hybridized carbons (Fsp3) is 0.444. The third kappa shape index (κ3) is 3.22. The number of fused-ring (bicyclic) bond motifs is 1. The number of nitrogens with one attached hydrogen (secondary N) is 1. The predicted molar refractivity (Wildman–Crippen MR) is 85.7 cm³/mol. The smallest absolute Gasteiger partial charge is 0.228 e. The number of hydrogen-bond acceptors (Lipinski definition) is 5. The molecule has 0 unspecified atom stereocenters. The van der Waals surface area contributed by atoms with Gasteiger partial charge in [-0.05, 0) is 38.8 Å². The molecule has 0 bridgehead atoms. The lowest BCUT2D eigenvalue weighted by Gasteiger charge is -2.32. The van der Waals surface area contributed by atoms with Crippen molar-refractivity contribution in [3.8, 4) is 11.5 Å². The maximum Gasteiger partial charge on any atom is 0.228 e. The van der Waals surface area contributed by atoms with Gasteiger partial charge in [0.25, 0.3) is 0 Å². The number of allylic oxidation sites excluding steroid dienone is 2. The first-order valence-corrected chi connectivity index (χ1v) is 8.02. The minimum atomic E-state index is -1.18. The Hall–Kier alpha value is -2.50. The number of carbonyl (C=O) groups is 2. The summed E-state index contributed by atoms with van der Waals surface area (Å²) in [7, 11) is 0. The van der Waals surface area contributed by atoms with Gasteiger partial charge in [-0.3, -0.25) is 4.79 Å². The molecule has 1 aliphatic heterocycles. The van der Waals surface area contributed by atoms with Crippen molar-refractivity contribution in [2.75, 3.05) is 18.5 Å². The summed E-state index contributed by atoms with van der Waals surface area (Å²) in [5.74, 6) is -1.71. The third-order valence-corrected chi connectivity index (χ3v) is 4.72. The molecule has 128 valence electrons. The second kappa shape index (κ2) is 6.55. The Morgan fingerprint density at radius 3 is 2.33 bits per heavy atom. The number of amides is 1. The molecule has 1 aromatic rings. The number of carbonyl (C=O) groups excluding carboxylic acids is 2. The highest BCUT2D eigenvalue weighted by molar-refractivity contribution is 5.95. The summed E-state index contributed by atoms with van der Waals surface area (Å²) in [6.45, 7) is 4.80. The van der Waals surface area contributed by atoms with Crippen molar-refractivity contribution >= 4 is 17.6 Å². The normalized spacial score (nSPS) is 22.9. The highest BCUT2D eigenvalue weighted by Gasteiger charge is 2.33. The molecule has 0 saturated carbocycles. The second-order valence-corrected chi connectivity index (χ2v) is 6.35. The highest BCUT2D eigenvalue weighted by Crippen LogP contribution is 2.36. The van der Waals surface area contributed by atoms with E-state index < -0.39 is 17.8 Å². The Morgan fingerprint density at radius 2 is 1.67 bits per heavy atom. The molecule has 2 aliphatic rings. The quantitative estimate of drug-likeness (QED) is 0.849. The SMILES string of the molecule is CC1=C(C)C[C@@H](C(=O)Nc2ccc3c(c2)OCCO3)[C@H](C(=O)[O-])C1. The van der Waals surface area contributed by atoms with Gasteiger partial charge in [0.2, 0.25) is 5.91 Å². The first-order chi connectivity index (χ1) is 11.5. The molecule has 1 amide bonds. The van der Waals surface area contributed by atoms with Crippen molar-refractivity contribution in [3.05, 3.63) is 29.3 Å². The van der Waals surface area contributed by atoms with E-state index in [0.29, 0.717) is 43.2 Å². The standard InChI is InChI=1S/C18H21NO5/c1-10-7-13(14(18(21)22)8-11(10)2)17(20)19-12-3-4-15-16(9-12)24-6-5-23-15/h3-4,9,13-14H,5-8H2,1-2H3,(H,19,20)(H,21,22)/p-1/t13-,14-/m1/s1. The van der Waals surface area contributed by atoms with Gasteiger partial charge in [0.15, 0.2) is 11.5 Å². The van der Waals surface area contributed by atoms with Gasteiger partial charge in [-0.1, -0.05) is 11.1 Å². The summed E-state index contributed by atoms with van der Waals surface area (Å²) in [5.41, 5.74) is 2.65. The number of benzene rings is 1. The molecule has 0 fully saturated rings. The molecule has 1 aromatic carbocycles. The minimum Gasteiger partial charge on any atom is -0.550 e. The van der Waals surface area contributed by atoms with Crippen molar-refractivity contribution in [1.82, 2.24) is 0 Å². The molecule has 0 radical (unpaired) electrons. The molecule has 0 spiro atoms. The van der Waals surface area contributed by atoms with Gasteiger partial charge < -0.3 is 24.7 Å². The summed E-state index contributed by atoms with van der Waals surface area (Å²) in [6.07, 6.45) is 0.786. The van der Waals surface area contributed by atoms with Crippen molar-refractivity contribution in [2.45, 2.75) is 26.7 Å². The van der Waals surface area contributed by atoms with Crippen LogP contribution in [0.1, 0.15) is 26.7 Å². The third-order valence-electron chi connectivity index (χ3n) is 4.72. The number of ether oxygens (including phenoxy) is 2. The highest BCUT2D eigenvalue weighted by atomic mass is 16.6. The molecule has 2 atom stereocenters. The van der Waals surface area contributed by atoms with Crippen LogP contribution < -0.4 is 19.9 Å². The van der Waals surface area contributed by atoms with Gasteiger partial charge in [-0.2, -0.15) is 0 Å². The molecule has 3 rings (SSSR count). The van der Waals surface area contributed by atoms with E-state index in [1.165, 1.54) is 0 Å². The number of anilines is 1. The Morgan fingerprint density at radius 1 is 1.04 bits per heavy atom. The topological polar surface area (TPSA) is 87.7 Å². The van der Waals surface area contributed by atoms with E-state index in [4.69, 9.17) is 9.47 Å². The Bertz CT molecular complexity index is 709. The molecule has 1 heterocycles. The molecular formula is C18H20NO5-. The lowest BCUT2D eigenvalue weighted by atomic mass is 9.76. The molecule has 6 heteroatoms. The van der Waals surface area contributed by atoms with Gasteiger partial charge in [-0.25, -0.2) is 0 Å². The maximum atomic E-state index is 12.6. The van der Waals surface area contributed by atoms with Crippen molar-refractivity contribution in [1.29, 1.82) is 0 Å². The van der Waals surface area contributed by atoms with Gasteiger partial charge in [-0.15, -0.1) is 0 Å². The van der Waals surface area contributed by atoms with E-state index in [-0.39, 0.29) is 5.91 Å². The number of carboxylic acids is 1. The summed E-state index contributed by atoms with van der Waals surface area (Å²) in [4.78, 5) is 24.0. The van der Waals surface area contributed by atoms with E-state index in [1.807, 2.05) is 13.8 Å². The summed E-state index contributed by atoms with van der Waals surface area (Å²) >= 11 is 0. The van der Waals surface area contributed by atoms with Crippen LogP contribution in [0.25, 0.3) is 0 Å². The van der Waals surface area contributed by atoms with Crippen LogP contribution in [-0.2, 0) is 9.59 Å². The zero-order chi connectivity index (χ0) is 17.3. The van der Waals surface area contributed by atoms with E-state index in [1.54, 1.807) is 18.2 Å². The van der Waals surface area contributed by atoms with Crippen LogP contribution in [0.2, 0.25) is 0 Å². The van der Waals surface area contributed by atoms with Gasteiger partial charge >= 0.3 is 0 Å². The van der Waals surface area contributed by atoms with E-state index >= 15 is 0 Å². The molecule has 6 nitrogen and oxygen atoms in total. The number of hydrogen-bond donors (Lipinski definition) is 1. The van der Waals surface area contributed by atoms with Crippen molar-refractivity contribution in [2.24, 2.45) is 11.8 Å². The summed E-state index contributed by atoms with van der Waals surface area (Å²) in [5, 5.41) is 14.2. The maximum absolute atomic E-state index is 12.6. The molecular weight excluding hydrogens is 310 g/mol. The van der Waals surface area contributed by atoms with Crippen LogP contribution in [0, 0.1) is 11.8 Å². The van der Waals surface area contributed by atoms with E-state index in [9.17, 15) is 14.7 Å². The van der Waals surface area contributed by atoms with Gasteiger partial charge in [0.05, 0.1) is 5.92 Å². The van der Waals surface area contributed by atoms with Crippen LogP contribution in [0.5, 0.6) is 11.5 Å². The van der Waals surface area contributed by atoms with Crippen LogP contribution in [0.15, 0.2) is 29.3 Å². The molecule has 0 saturated heterocycles. The Kier molecular flexibility index (Phi) is 4.46. The van der Waals surface area contributed by atoms with E-state index in [0.717, 1.165) is 11.1 Å². The fourth-order valence-electron chi connectivity index (χ4n) is 3.17. The number of rotatable bonds is 3. The summed E-state index contributed by atoms with van der Waals surface area (Å²) in [6, 6.07) is 5.14. The van der Waals surface area contributed by atoms with E-state index in [2.05, 4.69) is 5.32 Å². The van der Waals surface area contributed by atoms with Crippen LogP contribution in [0.3, 0.4) is 0 Å². The summed E-state index contributed by atoms with van der Waals surface area (Å²) < 4.78 is 10.9. The second-order valence-electron chi connectivity index (χ2n) is 6.35. The zero-order valence-corrected chi connectivity index (χ0v) is 13.8. The Labute approximate surface area is 140 Å². The van der Waals surface area contributed by atoms with Crippen LogP contribution >= 0.6 is 0 Å². The van der Waals surface area contributed by atoms with Gasteiger partial charge in [0, 0.05) is 23.6 Å². The first kappa shape index (κ1) is 16.4. The average Bonchev–Trinajstić information content (AvgIpc) is 2.56. The van der Waals surface area contributed by atoms with Crippen LogP contribution in [0.4, 0.5) is 5.69 Å². The molecule has 0 aromatic heterocycles. The lowest BCUT2D eigenvalue weighted by molar-refractivity contribution is -0.313. The van der Waals surface area contributed by atoms with Crippen LogP contribution in [-0.4, -0.2) is 25.1 Å². The monoisotopic (exact) mass is 330 g/mol. The number of carboxylic acid groups (broad SMARTS) is 1. The molecule has 24 heavy (non-hydrogen) atoms. The molecule has 1 N–H and O–H groups in total. The first-order valence-electron chi connectivity index (χ1n) is 8.02. The van der Waals surface area contributed by atoms with Crippen molar-refractivity contribution < 1.29 is 24.2 Å². The zero-order valence-electron chi connectivity index (χ0n) is 13.8. The average molecular weight is 330 g/mol. The number of aliphatic carboxylic acids is 1. The van der Waals surface area contributed by atoms with Gasteiger partial charge in [0.1, 0.15) is 13.2 Å². The fourth-order valence-corrected chi connectivity index (χ4v) is 3.17. The predicted octanol–water partition coefficient (Wildman–Crippen LogP) is 1.51. The minimum absolute atomic E-state index is 0.312. The largest absolute Gasteiger partial charge is 0.550 e.